The predicted octanol–water partition coefficient (Wildman–Crippen LogP) is 4.98. The van der Waals surface area contributed by atoms with E-state index >= 15 is 0 Å². The van der Waals surface area contributed by atoms with Crippen LogP contribution in [0.3, 0.4) is 0 Å². The first-order valence-electron chi connectivity index (χ1n) is 9.36. The normalized spacial score (nSPS) is 12.1. The summed E-state index contributed by atoms with van der Waals surface area (Å²) in [5, 5.41) is 35.4. The van der Waals surface area contributed by atoms with Gasteiger partial charge in [-0.05, 0) is 41.7 Å². The molecule has 0 spiro atoms. The number of carbonyl (C=O) groups excluding carboxylic acids is 1. The molecule has 1 heterocycles. The molecule has 0 aliphatic heterocycles. The monoisotopic (exact) mass is 424 g/mol. The molecule has 2 aromatic carbocycles. The standard InChI is InChI=1S/C23H24N2O4S/c1-13(24-25-22(29)15-7-10-18(26)19(27)11-15)17-12-30-21(20(17)28)14-5-8-16(9-6-14)23(2,3)4/h5-12,26-28H,1-4H3,(H,25,29). The number of phenols is 2. The molecule has 0 aliphatic carbocycles. The maximum atomic E-state index is 12.2. The van der Waals surface area contributed by atoms with E-state index in [1.807, 2.05) is 12.1 Å². The third kappa shape index (κ3) is 4.46. The van der Waals surface area contributed by atoms with E-state index in [2.05, 4.69) is 43.4 Å². The lowest BCUT2D eigenvalue weighted by molar-refractivity contribution is 0.0954. The number of amides is 1. The van der Waals surface area contributed by atoms with Crippen molar-refractivity contribution < 1.29 is 20.1 Å². The Morgan fingerprint density at radius 1 is 1.00 bits per heavy atom. The molecule has 3 rings (SSSR count). The number of hydrogen-bond donors (Lipinski definition) is 4. The molecule has 3 aromatic rings. The topological polar surface area (TPSA) is 102 Å². The molecule has 156 valence electrons. The molecule has 7 heteroatoms. The Hall–Kier alpha value is -3.32. The average Bonchev–Trinajstić information content (AvgIpc) is 3.08. The van der Waals surface area contributed by atoms with Crippen LogP contribution in [0.4, 0.5) is 0 Å². The fourth-order valence-corrected chi connectivity index (χ4v) is 3.87. The summed E-state index contributed by atoms with van der Waals surface area (Å²) in [4.78, 5) is 12.9. The van der Waals surface area contributed by atoms with E-state index in [1.54, 1.807) is 12.3 Å². The lowest BCUT2D eigenvalue weighted by Gasteiger charge is -2.19. The molecule has 0 saturated heterocycles. The highest BCUT2D eigenvalue weighted by Crippen LogP contribution is 2.39. The highest BCUT2D eigenvalue weighted by atomic mass is 32.1. The zero-order valence-electron chi connectivity index (χ0n) is 17.2. The average molecular weight is 425 g/mol. The smallest absolute Gasteiger partial charge is 0.271 e. The van der Waals surface area contributed by atoms with E-state index < -0.39 is 5.91 Å². The Labute approximate surface area is 179 Å². The third-order valence-corrected chi connectivity index (χ3v) is 5.75. The van der Waals surface area contributed by atoms with E-state index in [0.29, 0.717) is 11.3 Å². The van der Waals surface area contributed by atoms with Gasteiger partial charge in [-0.2, -0.15) is 5.10 Å². The van der Waals surface area contributed by atoms with Gasteiger partial charge in [-0.15, -0.1) is 11.3 Å². The Morgan fingerprint density at radius 3 is 2.27 bits per heavy atom. The summed E-state index contributed by atoms with van der Waals surface area (Å²) in [7, 11) is 0. The van der Waals surface area contributed by atoms with E-state index in [4.69, 9.17) is 0 Å². The molecule has 0 aliphatic rings. The fraction of sp³-hybridized carbons (Fsp3) is 0.217. The van der Waals surface area contributed by atoms with Crippen molar-refractivity contribution in [1.82, 2.24) is 5.43 Å². The number of phenolic OH excluding ortho intramolecular Hbond substituents is 2. The van der Waals surface area contributed by atoms with Crippen LogP contribution in [0.1, 0.15) is 49.2 Å². The quantitative estimate of drug-likeness (QED) is 0.269. The summed E-state index contributed by atoms with van der Waals surface area (Å²) < 4.78 is 0. The van der Waals surface area contributed by atoms with Crippen molar-refractivity contribution in [3.8, 4) is 27.7 Å². The van der Waals surface area contributed by atoms with Crippen molar-refractivity contribution in [2.45, 2.75) is 33.1 Å². The van der Waals surface area contributed by atoms with Gasteiger partial charge >= 0.3 is 0 Å². The molecule has 0 bridgehead atoms. The Kier molecular flexibility index (Phi) is 5.85. The van der Waals surface area contributed by atoms with E-state index in [0.717, 1.165) is 16.5 Å². The van der Waals surface area contributed by atoms with Gasteiger partial charge < -0.3 is 15.3 Å². The molecule has 0 atom stereocenters. The van der Waals surface area contributed by atoms with Crippen molar-refractivity contribution in [3.05, 3.63) is 64.5 Å². The summed E-state index contributed by atoms with van der Waals surface area (Å²) in [5.41, 5.74) is 5.69. The van der Waals surface area contributed by atoms with Crippen LogP contribution < -0.4 is 5.43 Å². The number of aromatic hydroxyl groups is 3. The lowest BCUT2D eigenvalue weighted by atomic mass is 9.86. The molecule has 1 aromatic heterocycles. The second kappa shape index (κ2) is 8.20. The van der Waals surface area contributed by atoms with Crippen molar-refractivity contribution in [2.24, 2.45) is 5.10 Å². The van der Waals surface area contributed by atoms with Crippen LogP contribution in [0.5, 0.6) is 17.2 Å². The Morgan fingerprint density at radius 2 is 1.67 bits per heavy atom. The lowest BCUT2D eigenvalue weighted by Crippen LogP contribution is -2.19. The number of nitrogens with zero attached hydrogens (tertiary/aromatic N) is 1. The Bertz CT molecular complexity index is 1110. The maximum absolute atomic E-state index is 12.2. The third-order valence-electron chi connectivity index (χ3n) is 4.73. The van der Waals surface area contributed by atoms with Crippen LogP contribution in [0.15, 0.2) is 52.9 Å². The highest BCUT2D eigenvalue weighted by Gasteiger charge is 2.17. The number of carbonyl (C=O) groups is 1. The number of thiophene rings is 1. The first kappa shape index (κ1) is 21.4. The van der Waals surface area contributed by atoms with Gasteiger partial charge in [0.25, 0.3) is 5.91 Å². The minimum absolute atomic E-state index is 0.0525. The molecule has 0 radical (unpaired) electrons. The van der Waals surface area contributed by atoms with E-state index in [-0.39, 0.29) is 28.2 Å². The van der Waals surface area contributed by atoms with Crippen molar-refractivity contribution in [2.75, 3.05) is 0 Å². The SMILES string of the molecule is CC(=NNC(=O)c1ccc(O)c(O)c1)c1csc(-c2ccc(C(C)(C)C)cc2)c1O. The van der Waals surface area contributed by atoms with Gasteiger partial charge in [0.05, 0.1) is 16.2 Å². The molecule has 0 saturated carbocycles. The number of benzene rings is 2. The first-order chi connectivity index (χ1) is 14.1. The minimum atomic E-state index is -0.544. The van der Waals surface area contributed by atoms with Crippen molar-refractivity contribution in [1.29, 1.82) is 0 Å². The summed E-state index contributed by atoms with van der Waals surface area (Å²) in [5.74, 6) is -1.13. The maximum Gasteiger partial charge on any atom is 0.271 e. The van der Waals surface area contributed by atoms with Crippen LogP contribution in [0.25, 0.3) is 10.4 Å². The van der Waals surface area contributed by atoms with Gasteiger partial charge in [0.2, 0.25) is 0 Å². The van der Waals surface area contributed by atoms with Gasteiger partial charge in [0.1, 0.15) is 5.75 Å². The van der Waals surface area contributed by atoms with Crippen molar-refractivity contribution in [3.63, 3.8) is 0 Å². The van der Waals surface area contributed by atoms with Gasteiger partial charge in [0, 0.05) is 10.9 Å². The zero-order valence-corrected chi connectivity index (χ0v) is 18.0. The summed E-state index contributed by atoms with van der Waals surface area (Å²) in [6.07, 6.45) is 0. The van der Waals surface area contributed by atoms with E-state index in [1.165, 1.54) is 29.0 Å². The molecule has 0 fully saturated rings. The number of nitrogens with one attached hydrogen (secondary N) is 1. The number of rotatable bonds is 4. The van der Waals surface area contributed by atoms with Gasteiger partial charge in [-0.3, -0.25) is 4.79 Å². The highest BCUT2D eigenvalue weighted by molar-refractivity contribution is 7.14. The molecule has 6 nitrogen and oxygen atoms in total. The zero-order chi connectivity index (χ0) is 22.1. The Balaban J connectivity index is 1.79. The molecule has 30 heavy (non-hydrogen) atoms. The second-order valence-corrected chi connectivity index (χ2v) is 8.88. The van der Waals surface area contributed by atoms with Crippen LogP contribution in [-0.2, 0) is 5.41 Å². The number of hydrazone groups is 1. The van der Waals surface area contributed by atoms with Crippen LogP contribution in [0.2, 0.25) is 0 Å². The fourth-order valence-electron chi connectivity index (χ4n) is 2.86. The van der Waals surface area contributed by atoms with Gasteiger partial charge in [-0.25, -0.2) is 5.43 Å². The second-order valence-electron chi connectivity index (χ2n) is 8.00. The van der Waals surface area contributed by atoms with Crippen LogP contribution in [0, 0.1) is 0 Å². The number of hydrogen-bond acceptors (Lipinski definition) is 6. The summed E-state index contributed by atoms with van der Waals surface area (Å²) in [6, 6.07) is 11.8. The molecule has 0 unspecified atom stereocenters. The molecular formula is C23H24N2O4S. The van der Waals surface area contributed by atoms with Crippen LogP contribution >= 0.6 is 11.3 Å². The molecule has 4 N–H and O–H groups in total. The van der Waals surface area contributed by atoms with Gasteiger partial charge in [-0.1, -0.05) is 45.0 Å². The van der Waals surface area contributed by atoms with Crippen LogP contribution in [-0.4, -0.2) is 26.9 Å². The first-order valence-corrected chi connectivity index (χ1v) is 10.2. The molecular weight excluding hydrogens is 400 g/mol. The summed E-state index contributed by atoms with van der Waals surface area (Å²) >= 11 is 1.40. The molecule has 1 amide bonds. The minimum Gasteiger partial charge on any atom is -0.506 e. The summed E-state index contributed by atoms with van der Waals surface area (Å²) in [6.45, 7) is 8.13. The predicted molar refractivity (Wildman–Crippen MR) is 120 cm³/mol. The van der Waals surface area contributed by atoms with Gasteiger partial charge in [0.15, 0.2) is 11.5 Å². The largest absolute Gasteiger partial charge is 0.506 e. The van der Waals surface area contributed by atoms with Crippen molar-refractivity contribution >= 4 is 23.0 Å². The van der Waals surface area contributed by atoms with E-state index in [9.17, 15) is 20.1 Å².